The van der Waals surface area contributed by atoms with Gasteiger partial charge in [-0.05, 0) is 12.0 Å². The number of hydrogen-bond acceptors (Lipinski definition) is 2. The Balaban J connectivity index is 2.29. The molecular weight excluding hydrogens is 174 g/mol. The Hall–Kier alpha value is -1.77. The van der Waals surface area contributed by atoms with Crippen LogP contribution in [0.3, 0.4) is 0 Å². The molecule has 2 heterocycles. The third kappa shape index (κ3) is 0.894. The predicted molar refractivity (Wildman–Crippen MR) is 55.8 cm³/mol. The summed E-state index contributed by atoms with van der Waals surface area (Å²) >= 11 is 0. The maximum absolute atomic E-state index is 5.77. The molecule has 0 saturated carbocycles. The van der Waals surface area contributed by atoms with E-state index in [0.717, 1.165) is 18.7 Å². The number of nitrogens with zero attached hydrogens (tertiary/aromatic N) is 2. The smallest absolute Gasteiger partial charge is 0.200 e. The molecule has 14 heavy (non-hydrogen) atoms. The lowest BCUT2D eigenvalue weighted by Crippen LogP contribution is -2.12. The maximum atomic E-state index is 5.77. The molecule has 0 bridgehead atoms. The van der Waals surface area contributed by atoms with Crippen molar-refractivity contribution in [3.63, 3.8) is 0 Å². The van der Waals surface area contributed by atoms with Gasteiger partial charge in [-0.1, -0.05) is 24.3 Å². The quantitative estimate of drug-likeness (QED) is 0.678. The summed E-state index contributed by atoms with van der Waals surface area (Å²) in [5.74, 6) is 0.620. The minimum absolute atomic E-state index is 0.620. The number of fused-ring (bicyclic) bond motifs is 3. The van der Waals surface area contributed by atoms with E-state index in [2.05, 4.69) is 33.8 Å². The molecule has 70 valence electrons. The van der Waals surface area contributed by atoms with Gasteiger partial charge in [-0.15, -0.1) is 0 Å². The fraction of sp³-hybridized carbons (Fsp3) is 0.182. The molecule has 2 aromatic rings. The fourth-order valence-corrected chi connectivity index (χ4v) is 2.06. The van der Waals surface area contributed by atoms with Gasteiger partial charge in [-0.2, -0.15) is 0 Å². The molecule has 0 atom stereocenters. The van der Waals surface area contributed by atoms with Gasteiger partial charge in [0.1, 0.15) is 0 Å². The summed E-state index contributed by atoms with van der Waals surface area (Å²) in [7, 11) is 0. The van der Waals surface area contributed by atoms with Crippen molar-refractivity contribution in [2.45, 2.75) is 13.0 Å². The van der Waals surface area contributed by atoms with Gasteiger partial charge in [0.25, 0.3) is 0 Å². The summed E-state index contributed by atoms with van der Waals surface area (Å²) in [5, 5.41) is 0. The van der Waals surface area contributed by atoms with Crippen LogP contribution in [0.15, 0.2) is 30.5 Å². The first kappa shape index (κ1) is 7.62. The Morgan fingerprint density at radius 1 is 1.29 bits per heavy atom. The first-order valence-electron chi connectivity index (χ1n) is 4.75. The normalized spacial score (nSPS) is 13.4. The van der Waals surface area contributed by atoms with Gasteiger partial charge in [-0.25, -0.2) is 4.98 Å². The highest BCUT2D eigenvalue weighted by Crippen LogP contribution is 2.30. The van der Waals surface area contributed by atoms with Crippen LogP contribution in [0.2, 0.25) is 0 Å². The van der Waals surface area contributed by atoms with Crippen LogP contribution in [-0.2, 0) is 13.0 Å². The molecule has 0 spiro atoms. The fourth-order valence-electron chi connectivity index (χ4n) is 2.06. The van der Waals surface area contributed by atoms with Crippen molar-refractivity contribution in [3.8, 4) is 11.3 Å². The Bertz CT molecular complexity index is 485. The number of benzene rings is 1. The van der Waals surface area contributed by atoms with Crippen LogP contribution in [0.1, 0.15) is 5.56 Å². The lowest BCUT2D eigenvalue weighted by molar-refractivity contribution is 0.694. The van der Waals surface area contributed by atoms with Crippen molar-refractivity contribution in [1.82, 2.24) is 9.55 Å². The molecule has 1 aliphatic rings. The molecule has 0 radical (unpaired) electrons. The van der Waals surface area contributed by atoms with Crippen molar-refractivity contribution >= 4 is 5.95 Å². The second-order valence-electron chi connectivity index (χ2n) is 3.56. The number of aromatic nitrogens is 2. The molecule has 3 heteroatoms. The Kier molecular flexibility index (Phi) is 1.42. The van der Waals surface area contributed by atoms with Gasteiger partial charge in [0.05, 0.1) is 11.9 Å². The zero-order chi connectivity index (χ0) is 9.54. The molecule has 0 saturated heterocycles. The molecule has 0 unspecified atom stereocenters. The second kappa shape index (κ2) is 2.61. The van der Waals surface area contributed by atoms with Crippen molar-refractivity contribution in [2.24, 2.45) is 0 Å². The Labute approximate surface area is 82.2 Å². The number of nitrogens with two attached hydrogens (primary N) is 1. The lowest BCUT2D eigenvalue weighted by Gasteiger charge is -2.18. The largest absolute Gasteiger partial charge is 0.369 e. The second-order valence-corrected chi connectivity index (χ2v) is 3.56. The van der Waals surface area contributed by atoms with E-state index in [1.165, 1.54) is 11.1 Å². The monoisotopic (exact) mass is 185 g/mol. The summed E-state index contributed by atoms with van der Waals surface area (Å²) in [6.45, 7) is 0.943. The average molecular weight is 185 g/mol. The minimum Gasteiger partial charge on any atom is -0.369 e. The van der Waals surface area contributed by atoms with Crippen LogP contribution in [0.5, 0.6) is 0 Å². The number of aryl methyl sites for hydroxylation is 1. The zero-order valence-electron chi connectivity index (χ0n) is 7.77. The maximum Gasteiger partial charge on any atom is 0.200 e. The van der Waals surface area contributed by atoms with E-state index in [0.29, 0.717) is 5.95 Å². The van der Waals surface area contributed by atoms with Crippen molar-refractivity contribution < 1.29 is 0 Å². The van der Waals surface area contributed by atoms with Crippen LogP contribution in [0, 0.1) is 0 Å². The van der Waals surface area contributed by atoms with Gasteiger partial charge in [0.2, 0.25) is 5.95 Å². The highest BCUT2D eigenvalue weighted by Gasteiger charge is 2.17. The van der Waals surface area contributed by atoms with Crippen molar-refractivity contribution in [2.75, 3.05) is 5.73 Å². The topological polar surface area (TPSA) is 43.8 Å². The third-order valence-electron chi connectivity index (χ3n) is 2.78. The van der Waals surface area contributed by atoms with E-state index in [1.54, 1.807) is 0 Å². The number of rotatable bonds is 0. The van der Waals surface area contributed by atoms with Crippen LogP contribution in [-0.4, -0.2) is 9.55 Å². The standard InChI is InChI=1S/C11H11N3/c12-11-13-7-10-9-4-2-1-3-8(9)5-6-14(10)11/h1-4,7H,5-6H2,(H2,12,13). The summed E-state index contributed by atoms with van der Waals surface area (Å²) < 4.78 is 2.07. The summed E-state index contributed by atoms with van der Waals surface area (Å²) in [5.41, 5.74) is 9.57. The highest BCUT2D eigenvalue weighted by molar-refractivity contribution is 5.66. The molecule has 0 aliphatic carbocycles. The molecule has 0 amide bonds. The molecule has 3 nitrogen and oxygen atoms in total. The van der Waals surface area contributed by atoms with E-state index in [1.807, 2.05) is 6.20 Å². The van der Waals surface area contributed by atoms with E-state index in [9.17, 15) is 0 Å². The van der Waals surface area contributed by atoms with Crippen LogP contribution in [0.25, 0.3) is 11.3 Å². The predicted octanol–water partition coefficient (Wildman–Crippen LogP) is 1.69. The Morgan fingerprint density at radius 3 is 3.07 bits per heavy atom. The molecule has 1 aromatic carbocycles. The minimum atomic E-state index is 0.620. The van der Waals surface area contributed by atoms with Crippen LogP contribution in [0.4, 0.5) is 5.95 Å². The molecule has 2 N–H and O–H groups in total. The summed E-state index contributed by atoms with van der Waals surface area (Å²) in [6, 6.07) is 8.43. The number of nitrogen functional groups attached to an aromatic ring is 1. The lowest BCUT2D eigenvalue weighted by atomic mass is 9.99. The summed E-state index contributed by atoms with van der Waals surface area (Å²) in [4.78, 5) is 4.14. The van der Waals surface area contributed by atoms with Crippen molar-refractivity contribution in [3.05, 3.63) is 36.0 Å². The van der Waals surface area contributed by atoms with Crippen LogP contribution >= 0.6 is 0 Å². The zero-order valence-corrected chi connectivity index (χ0v) is 7.77. The van der Waals surface area contributed by atoms with Gasteiger partial charge >= 0.3 is 0 Å². The first-order valence-corrected chi connectivity index (χ1v) is 4.75. The van der Waals surface area contributed by atoms with Gasteiger partial charge < -0.3 is 10.3 Å². The molecule has 1 aromatic heterocycles. The summed E-state index contributed by atoms with van der Waals surface area (Å²) in [6.07, 6.45) is 2.90. The van der Waals surface area contributed by atoms with E-state index >= 15 is 0 Å². The third-order valence-corrected chi connectivity index (χ3v) is 2.78. The molecule has 0 fully saturated rings. The average Bonchev–Trinajstić information content (AvgIpc) is 2.61. The number of hydrogen-bond donors (Lipinski definition) is 1. The van der Waals surface area contributed by atoms with Crippen molar-refractivity contribution in [1.29, 1.82) is 0 Å². The molecule has 1 aliphatic heterocycles. The first-order chi connectivity index (χ1) is 6.86. The number of imidazole rings is 1. The van der Waals surface area contributed by atoms with Gasteiger partial charge in [-0.3, -0.25) is 0 Å². The van der Waals surface area contributed by atoms with E-state index in [-0.39, 0.29) is 0 Å². The van der Waals surface area contributed by atoms with E-state index < -0.39 is 0 Å². The molecular formula is C11H11N3. The van der Waals surface area contributed by atoms with Gasteiger partial charge in [0, 0.05) is 12.1 Å². The van der Waals surface area contributed by atoms with Gasteiger partial charge in [0.15, 0.2) is 0 Å². The van der Waals surface area contributed by atoms with E-state index in [4.69, 9.17) is 5.73 Å². The Morgan fingerprint density at radius 2 is 2.14 bits per heavy atom. The highest BCUT2D eigenvalue weighted by atomic mass is 15.2. The molecule has 3 rings (SSSR count). The SMILES string of the molecule is Nc1ncc2n1CCc1ccccc1-2. The number of anilines is 1. The van der Waals surface area contributed by atoms with Crippen LogP contribution < -0.4 is 5.73 Å².